The molecule has 4 aliphatic heterocycles. The van der Waals surface area contributed by atoms with E-state index in [1.165, 1.54) is 15.2 Å². The van der Waals surface area contributed by atoms with E-state index in [9.17, 15) is 24.0 Å². The van der Waals surface area contributed by atoms with Crippen LogP contribution in [0.15, 0.2) is 83.7 Å². The Balaban J connectivity index is 0.832. The van der Waals surface area contributed by atoms with Gasteiger partial charge in [-0.05, 0) is 117 Å². The molecular formula is C51H50Cl2FN7O5. The van der Waals surface area contributed by atoms with Gasteiger partial charge in [0.05, 0.1) is 22.1 Å². The highest BCUT2D eigenvalue weighted by Crippen LogP contribution is 2.66. The summed E-state index contributed by atoms with van der Waals surface area (Å²) in [6.45, 7) is 2.46. The van der Waals surface area contributed by atoms with Crippen molar-refractivity contribution < 1.29 is 23.6 Å². The zero-order valence-corrected chi connectivity index (χ0v) is 38.3. The number of aryl methyl sites for hydroxylation is 1. The Morgan fingerprint density at radius 1 is 0.879 bits per heavy atom. The number of halogens is 3. The summed E-state index contributed by atoms with van der Waals surface area (Å²) in [5.74, 6) is 4.05. The monoisotopic (exact) mass is 929 g/mol. The van der Waals surface area contributed by atoms with Gasteiger partial charge in [-0.15, -0.1) is 0 Å². The molecule has 5 heterocycles. The van der Waals surface area contributed by atoms with E-state index in [2.05, 4.69) is 37.6 Å². The van der Waals surface area contributed by atoms with Gasteiger partial charge in [0.25, 0.3) is 0 Å². The number of amides is 4. The largest absolute Gasteiger partial charge is 0.329 e. The lowest BCUT2D eigenvalue weighted by Gasteiger charge is -2.49. The first-order valence-corrected chi connectivity index (χ1v) is 23.5. The Hall–Kier alpha value is -5.78. The highest BCUT2D eigenvalue weighted by Gasteiger charge is 2.74. The number of likely N-dealkylation sites (tertiary alicyclic amines) is 2. The van der Waals surface area contributed by atoms with Gasteiger partial charge >= 0.3 is 5.69 Å². The van der Waals surface area contributed by atoms with Crippen LogP contribution in [0.2, 0.25) is 10.0 Å². The molecule has 2 spiro atoms. The van der Waals surface area contributed by atoms with Gasteiger partial charge in [-0.1, -0.05) is 84.6 Å². The van der Waals surface area contributed by atoms with Crippen LogP contribution < -0.4 is 21.6 Å². The zero-order valence-electron chi connectivity index (χ0n) is 36.8. The summed E-state index contributed by atoms with van der Waals surface area (Å²) in [4.78, 5) is 71.6. The summed E-state index contributed by atoms with van der Waals surface area (Å²) >= 11 is 12.9. The maximum absolute atomic E-state index is 16.4. The number of anilines is 2. The Bertz CT molecular complexity index is 2940. The number of nitrogens with one attached hydrogen (secondary N) is 3. The van der Waals surface area contributed by atoms with E-state index < -0.39 is 40.7 Å². The van der Waals surface area contributed by atoms with Gasteiger partial charge in [-0.3, -0.25) is 43.4 Å². The minimum Gasteiger partial charge on any atom is -0.325 e. The molecule has 4 atom stereocenters. The molecule has 10 rings (SSSR count). The van der Waals surface area contributed by atoms with Gasteiger partial charge in [0, 0.05) is 59.3 Å². The number of likely N-dealkylation sites (N-methyl/N-ethyl adjacent to an activating group) is 1. The quantitative estimate of drug-likeness (QED) is 0.118. The SMILES string of the molecule is CN1[C@@H](C(=O)Nc2ccc(CN3CCC(C#Cc4ccc5c(c4)n(C)c(=O)n5C4CCC(=O)NC4=O)CC3)cc2)[C@H](c2cccc(Cl)c2F)[C@]2(C(=O)Nc3cc(Cl)ccc32)C12CCCCC2. The lowest BCUT2D eigenvalue weighted by Crippen LogP contribution is -2.60. The van der Waals surface area contributed by atoms with Crippen molar-refractivity contribution in [1.82, 2.24) is 24.3 Å². The number of fused-ring (bicyclic) bond motifs is 4. The molecule has 5 aromatic rings. The van der Waals surface area contributed by atoms with Crippen molar-refractivity contribution in [3.8, 4) is 11.8 Å². The van der Waals surface area contributed by atoms with Gasteiger partial charge in [-0.25, -0.2) is 9.18 Å². The first kappa shape index (κ1) is 44.1. The predicted octanol–water partition coefficient (Wildman–Crippen LogP) is 7.66. The molecule has 1 unspecified atom stereocenters. The van der Waals surface area contributed by atoms with Crippen molar-refractivity contribution in [2.45, 2.75) is 93.3 Å². The number of nitrogens with zero attached hydrogens (tertiary/aromatic N) is 4. The van der Waals surface area contributed by atoms with Crippen LogP contribution in [0.25, 0.3) is 11.0 Å². The molecule has 1 saturated carbocycles. The third kappa shape index (κ3) is 7.16. The number of rotatable bonds is 6. The van der Waals surface area contributed by atoms with Crippen LogP contribution in [0.1, 0.15) is 92.0 Å². The maximum atomic E-state index is 16.4. The van der Waals surface area contributed by atoms with Gasteiger partial charge in [0.1, 0.15) is 17.3 Å². The lowest BCUT2D eigenvalue weighted by molar-refractivity contribution is -0.135. The number of carbonyl (C=O) groups excluding carboxylic acids is 4. The van der Waals surface area contributed by atoms with Crippen LogP contribution in [0.5, 0.6) is 0 Å². The highest BCUT2D eigenvalue weighted by atomic mass is 35.5. The second-order valence-electron chi connectivity index (χ2n) is 18.6. The molecule has 3 saturated heterocycles. The molecule has 66 heavy (non-hydrogen) atoms. The fraction of sp³-hybridized carbons (Fsp3) is 0.392. The van der Waals surface area contributed by atoms with Crippen LogP contribution in [0.3, 0.4) is 0 Å². The summed E-state index contributed by atoms with van der Waals surface area (Å²) in [5.41, 5.74) is 2.91. The van der Waals surface area contributed by atoms with E-state index >= 15 is 4.39 Å². The number of imide groups is 1. The van der Waals surface area contributed by atoms with Gasteiger partial charge < -0.3 is 10.6 Å². The predicted molar refractivity (Wildman–Crippen MR) is 252 cm³/mol. The molecule has 4 amide bonds. The summed E-state index contributed by atoms with van der Waals surface area (Å²) in [6.07, 6.45) is 6.30. The van der Waals surface area contributed by atoms with E-state index in [-0.39, 0.29) is 52.8 Å². The number of hydrogen-bond acceptors (Lipinski definition) is 7. The number of aromatic nitrogens is 2. The maximum Gasteiger partial charge on any atom is 0.329 e. The van der Waals surface area contributed by atoms with Crippen molar-refractivity contribution in [1.29, 1.82) is 0 Å². The van der Waals surface area contributed by atoms with E-state index in [1.54, 1.807) is 31.3 Å². The second-order valence-corrected chi connectivity index (χ2v) is 19.5. The fourth-order valence-electron chi connectivity index (χ4n) is 12.0. The topological polar surface area (TPSA) is 138 Å². The molecule has 4 aromatic carbocycles. The van der Waals surface area contributed by atoms with E-state index in [0.717, 1.165) is 68.4 Å². The molecule has 0 bridgehead atoms. The van der Waals surface area contributed by atoms with Crippen molar-refractivity contribution in [3.05, 3.63) is 127 Å². The minimum absolute atomic E-state index is 0.0674. The Morgan fingerprint density at radius 3 is 2.38 bits per heavy atom. The number of carbonyl (C=O) groups is 4. The number of hydrogen-bond donors (Lipinski definition) is 3. The average Bonchev–Trinajstić information content (AvgIpc) is 3.82. The van der Waals surface area contributed by atoms with Crippen LogP contribution in [0.4, 0.5) is 15.8 Å². The van der Waals surface area contributed by atoms with Gasteiger partial charge in [0.15, 0.2) is 0 Å². The molecule has 0 radical (unpaired) electrons. The molecule has 12 nitrogen and oxygen atoms in total. The van der Waals surface area contributed by atoms with Crippen molar-refractivity contribution in [3.63, 3.8) is 0 Å². The molecule has 340 valence electrons. The first-order chi connectivity index (χ1) is 31.8. The smallest absolute Gasteiger partial charge is 0.325 e. The van der Waals surface area contributed by atoms with Crippen molar-refractivity contribution >= 4 is 69.2 Å². The fourth-order valence-corrected chi connectivity index (χ4v) is 12.4. The molecule has 4 fully saturated rings. The third-order valence-corrected chi connectivity index (χ3v) is 15.7. The average molecular weight is 931 g/mol. The van der Waals surface area contributed by atoms with Crippen LogP contribution in [-0.4, -0.2) is 74.3 Å². The molecule has 15 heteroatoms. The van der Waals surface area contributed by atoms with Crippen molar-refractivity contribution in [2.75, 3.05) is 30.8 Å². The molecule has 5 aliphatic rings. The summed E-state index contributed by atoms with van der Waals surface area (Å²) in [5, 5.41) is 9.02. The van der Waals surface area contributed by atoms with Gasteiger partial charge in [0.2, 0.25) is 23.6 Å². The lowest BCUT2D eigenvalue weighted by atomic mass is 9.55. The first-order valence-electron chi connectivity index (χ1n) is 22.8. The summed E-state index contributed by atoms with van der Waals surface area (Å²) in [6, 6.07) is 21.9. The van der Waals surface area contributed by atoms with Crippen LogP contribution in [-0.2, 0) is 38.2 Å². The third-order valence-electron chi connectivity index (χ3n) is 15.1. The zero-order chi connectivity index (χ0) is 46.1. The van der Waals surface area contributed by atoms with E-state index in [0.29, 0.717) is 40.3 Å². The number of benzene rings is 4. The molecule has 1 aliphatic carbocycles. The van der Waals surface area contributed by atoms with Crippen LogP contribution >= 0.6 is 23.2 Å². The Kier molecular flexibility index (Phi) is 11.4. The molecule has 1 aromatic heterocycles. The number of imidazole rings is 1. The molecular weight excluding hydrogens is 881 g/mol. The Labute approximate surface area is 391 Å². The number of piperidine rings is 2. The van der Waals surface area contributed by atoms with E-state index in [4.69, 9.17) is 23.2 Å². The standard InChI is InChI=1S/C51H50Cl2FN7O5/c1-58-41-27-31(13-18-39(41)61(49(58)66)40-19-20-42(62)57-46(40)63)10-9-30-21-25-60(26-22-30)29-32-11-15-34(16-12-32)55-47(64)45-43(35-7-6-8-37(53)44(35)54)51(50(59(45)2)23-4-3-5-24-50)36-17-14-33(52)28-38(36)56-48(51)65/h6-8,11-18,27-28,30,40,43,45H,3-5,19-26,29H2,1-2H3,(H,55,64)(H,56,65)(H,57,62,63)/t40?,43-,45+,51+/m0/s1. The summed E-state index contributed by atoms with van der Waals surface area (Å²) in [7, 11) is 3.59. The normalized spacial score (nSPS) is 24.3. The van der Waals surface area contributed by atoms with E-state index in [1.807, 2.05) is 55.6 Å². The molecule has 3 N–H and O–H groups in total. The second kappa shape index (κ2) is 17.1. The minimum atomic E-state index is -1.30. The van der Waals surface area contributed by atoms with Gasteiger partial charge in [-0.2, -0.15) is 0 Å². The van der Waals surface area contributed by atoms with Crippen LogP contribution in [0, 0.1) is 23.6 Å². The summed E-state index contributed by atoms with van der Waals surface area (Å²) < 4.78 is 19.4. The Morgan fingerprint density at radius 2 is 1.64 bits per heavy atom. The highest BCUT2D eigenvalue weighted by molar-refractivity contribution is 6.31. The van der Waals surface area contributed by atoms with Crippen molar-refractivity contribution in [2.24, 2.45) is 13.0 Å².